The first-order chi connectivity index (χ1) is 10.8. The highest BCUT2D eigenvalue weighted by atomic mass is 16.6. The van der Waals surface area contributed by atoms with Crippen LogP contribution in [0.2, 0.25) is 0 Å². The highest BCUT2D eigenvalue weighted by Gasteiger charge is 2.50. The molecule has 0 aromatic carbocycles. The summed E-state index contributed by atoms with van der Waals surface area (Å²) in [5, 5.41) is 10.4. The molecular formula is C18H22O5. The Morgan fingerprint density at radius 2 is 2.22 bits per heavy atom. The van der Waals surface area contributed by atoms with Gasteiger partial charge in [-0.15, -0.1) is 0 Å². The summed E-state index contributed by atoms with van der Waals surface area (Å²) in [4.78, 5) is 23.5. The molecular weight excluding hydrogens is 296 g/mol. The van der Waals surface area contributed by atoms with Gasteiger partial charge in [0.2, 0.25) is 0 Å². The quantitative estimate of drug-likeness (QED) is 0.792. The molecule has 0 saturated carbocycles. The maximum Gasteiger partial charge on any atom is 0.339 e. The first-order valence-electron chi connectivity index (χ1n) is 8.01. The Morgan fingerprint density at radius 3 is 2.87 bits per heavy atom. The number of aliphatic hydroxyl groups excluding tert-OH is 1. The minimum atomic E-state index is -0.857. The average Bonchev–Trinajstić information content (AvgIpc) is 2.77. The third kappa shape index (κ3) is 2.34. The molecule has 4 unspecified atom stereocenters. The maximum atomic E-state index is 11.8. The lowest BCUT2D eigenvalue weighted by Gasteiger charge is -2.47. The number of fused-ring (bicyclic) bond motifs is 2. The lowest BCUT2D eigenvalue weighted by molar-refractivity contribution is -0.161. The van der Waals surface area contributed by atoms with E-state index >= 15 is 0 Å². The second-order valence-corrected chi connectivity index (χ2v) is 6.81. The lowest BCUT2D eigenvalue weighted by atomic mass is 9.60. The van der Waals surface area contributed by atoms with Crippen molar-refractivity contribution in [3.05, 3.63) is 34.6 Å². The molecule has 0 spiro atoms. The first-order valence-corrected chi connectivity index (χ1v) is 8.01. The number of hydrogen-bond donors (Lipinski definition) is 1. The summed E-state index contributed by atoms with van der Waals surface area (Å²) in [6.07, 6.45) is 3.04. The number of ether oxygens (including phenoxy) is 2. The van der Waals surface area contributed by atoms with Gasteiger partial charge in [0.15, 0.2) is 0 Å². The summed E-state index contributed by atoms with van der Waals surface area (Å²) in [7, 11) is 0. The van der Waals surface area contributed by atoms with Crippen molar-refractivity contribution in [1.82, 2.24) is 0 Å². The maximum absolute atomic E-state index is 11.8. The molecule has 1 aliphatic heterocycles. The Labute approximate surface area is 135 Å². The van der Waals surface area contributed by atoms with Crippen molar-refractivity contribution in [1.29, 1.82) is 0 Å². The molecule has 5 nitrogen and oxygen atoms in total. The predicted molar refractivity (Wildman–Crippen MR) is 83.0 cm³/mol. The molecule has 2 aliphatic carbocycles. The summed E-state index contributed by atoms with van der Waals surface area (Å²) in [6.45, 7) is 7.57. The Balaban J connectivity index is 2.01. The van der Waals surface area contributed by atoms with E-state index in [1.165, 1.54) is 0 Å². The van der Waals surface area contributed by atoms with Crippen LogP contribution >= 0.6 is 0 Å². The van der Waals surface area contributed by atoms with Gasteiger partial charge in [0.1, 0.15) is 18.0 Å². The molecule has 0 radical (unpaired) electrons. The van der Waals surface area contributed by atoms with Crippen LogP contribution in [0.3, 0.4) is 0 Å². The summed E-state index contributed by atoms with van der Waals surface area (Å²) in [5.74, 6) is -0.124. The lowest BCUT2D eigenvalue weighted by Crippen LogP contribution is -2.48. The molecule has 1 heterocycles. The molecule has 0 aromatic heterocycles. The average molecular weight is 318 g/mol. The van der Waals surface area contributed by atoms with Crippen molar-refractivity contribution in [3.8, 4) is 0 Å². The molecule has 3 aliphatic rings. The van der Waals surface area contributed by atoms with E-state index in [0.29, 0.717) is 17.8 Å². The highest BCUT2D eigenvalue weighted by molar-refractivity contribution is 5.94. The Kier molecular flexibility index (Phi) is 3.71. The van der Waals surface area contributed by atoms with Crippen LogP contribution in [0.4, 0.5) is 0 Å². The summed E-state index contributed by atoms with van der Waals surface area (Å²) >= 11 is 0. The smallest absolute Gasteiger partial charge is 0.339 e. The van der Waals surface area contributed by atoms with E-state index in [4.69, 9.17) is 9.47 Å². The minimum absolute atomic E-state index is 0.0817. The second kappa shape index (κ2) is 5.34. The fourth-order valence-corrected chi connectivity index (χ4v) is 3.66. The van der Waals surface area contributed by atoms with Gasteiger partial charge < -0.3 is 14.6 Å². The first kappa shape index (κ1) is 16.0. The Hall–Kier alpha value is -1.88. The van der Waals surface area contributed by atoms with Crippen molar-refractivity contribution >= 4 is 11.9 Å². The van der Waals surface area contributed by atoms with Crippen molar-refractivity contribution in [3.63, 3.8) is 0 Å². The van der Waals surface area contributed by atoms with Crippen molar-refractivity contribution in [2.45, 2.75) is 52.7 Å². The van der Waals surface area contributed by atoms with Crippen molar-refractivity contribution in [2.24, 2.45) is 11.3 Å². The van der Waals surface area contributed by atoms with Gasteiger partial charge in [-0.2, -0.15) is 0 Å². The van der Waals surface area contributed by atoms with Crippen molar-refractivity contribution < 1.29 is 24.2 Å². The van der Waals surface area contributed by atoms with E-state index in [-0.39, 0.29) is 29.7 Å². The normalized spacial score (nSPS) is 35.9. The number of aliphatic hydroxyl groups is 1. The standard InChI is InChI=1S/C18H22O5/c1-5-15(20)23-16-10(3)18(4)8-12-9(2)17(21)22-14(12)7-11(18)6-13(16)19/h6-7,10,13,16,19H,5,8H2,1-4H3. The molecule has 0 aromatic rings. The van der Waals surface area contributed by atoms with Crippen LogP contribution in [0.5, 0.6) is 0 Å². The van der Waals surface area contributed by atoms with Gasteiger partial charge in [-0.1, -0.05) is 20.8 Å². The fraction of sp³-hybridized carbons (Fsp3) is 0.556. The van der Waals surface area contributed by atoms with Gasteiger partial charge in [-0.25, -0.2) is 4.79 Å². The summed E-state index contributed by atoms with van der Waals surface area (Å²) in [6, 6.07) is 0. The number of carbonyl (C=O) groups is 2. The van der Waals surface area contributed by atoms with Gasteiger partial charge in [-0.05, 0) is 31.1 Å². The zero-order valence-corrected chi connectivity index (χ0v) is 13.9. The molecule has 1 N–H and O–H groups in total. The van der Waals surface area contributed by atoms with Crippen molar-refractivity contribution in [2.75, 3.05) is 0 Å². The van der Waals surface area contributed by atoms with Gasteiger partial charge >= 0.3 is 11.9 Å². The third-order valence-electron chi connectivity index (χ3n) is 5.49. The molecule has 0 fully saturated rings. The molecule has 124 valence electrons. The topological polar surface area (TPSA) is 72.8 Å². The van der Waals surface area contributed by atoms with E-state index in [0.717, 1.165) is 11.1 Å². The zero-order valence-electron chi connectivity index (χ0n) is 13.9. The SMILES string of the molecule is CCC(=O)OC1C(O)C=C2C=C3OC(=O)C(C)=C3CC2(C)C1C. The zero-order chi connectivity index (χ0) is 16.9. The Morgan fingerprint density at radius 1 is 1.52 bits per heavy atom. The molecule has 4 atom stereocenters. The molecule has 5 heteroatoms. The van der Waals surface area contributed by atoms with Crippen LogP contribution in [0.15, 0.2) is 34.6 Å². The predicted octanol–water partition coefficient (Wildman–Crippen LogP) is 2.41. The van der Waals surface area contributed by atoms with Crippen LogP contribution in [0, 0.1) is 11.3 Å². The van der Waals surface area contributed by atoms with E-state index < -0.39 is 12.2 Å². The van der Waals surface area contributed by atoms with Crippen LogP contribution < -0.4 is 0 Å². The summed E-state index contributed by atoms with van der Waals surface area (Å²) < 4.78 is 10.8. The van der Waals surface area contributed by atoms with Gasteiger partial charge in [-0.3, -0.25) is 4.79 Å². The van der Waals surface area contributed by atoms with Gasteiger partial charge in [0.25, 0.3) is 0 Å². The largest absolute Gasteiger partial charge is 0.459 e. The number of rotatable bonds is 2. The van der Waals surface area contributed by atoms with E-state index in [1.54, 1.807) is 19.9 Å². The molecule has 0 saturated heterocycles. The van der Waals surface area contributed by atoms with E-state index in [9.17, 15) is 14.7 Å². The monoisotopic (exact) mass is 318 g/mol. The molecule has 0 amide bonds. The fourth-order valence-electron chi connectivity index (χ4n) is 3.66. The number of allylic oxidation sites excluding steroid dienone is 3. The molecule has 0 bridgehead atoms. The van der Waals surface area contributed by atoms with Gasteiger partial charge in [0.05, 0.1) is 0 Å². The number of hydrogen-bond acceptors (Lipinski definition) is 5. The van der Waals surface area contributed by atoms with Crippen LogP contribution in [0.25, 0.3) is 0 Å². The van der Waals surface area contributed by atoms with E-state index in [2.05, 4.69) is 6.92 Å². The third-order valence-corrected chi connectivity index (χ3v) is 5.49. The second-order valence-electron chi connectivity index (χ2n) is 6.81. The minimum Gasteiger partial charge on any atom is -0.459 e. The number of carbonyl (C=O) groups excluding carboxylic acids is 2. The molecule has 23 heavy (non-hydrogen) atoms. The van der Waals surface area contributed by atoms with Crippen LogP contribution in [-0.2, 0) is 19.1 Å². The van der Waals surface area contributed by atoms with E-state index in [1.807, 2.05) is 13.0 Å². The molecule has 3 rings (SSSR count). The summed E-state index contributed by atoms with van der Waals surface area (Å²) in [5.41, 5.74) is 2.17. The Bertz CT molecular complexity index is 669. The number of esters is 2. The van der Waals surface area contributed by atoms with Crippen LogP contribution in [-0.4, -0.2) is 29.3 Å². The highest BCUT2D eigenvalue weighted by Crippen LogP contribution is 2.53. The van der Waals surface area contributed by atoms with Gasteiger partial charge in [0, 0.05) is 28.9 Å². The van der Waals surface area contributed by atoms with Crippen LogP contribution in [0.1, 0.15) is 40.5 Å².